The van der Waals surface area contributed by atoms with Crippen LogP contribution in [0.5, 0.6) is 0 Å². The van der Waals surface area contributed by atoms with E-state index in [1.54, 1.807) is 0 Å². The smallest absolute Gasteiger partial charge is 0.161 e. The first-order valence-electron chi connectivity index (χ1n) is 12.4. The van der Waals surface area contributed by atoms with E-state index in [2.05, 4.69) is 125 Å². The second kappa shape index (κ2) is 7.83. The summed E-state index contributed by atoms with van der Waals surface area (Å²) in [7, 11) is 0. The van der Waals surface area contributed by atoms with Crippen molar-refractivity contribution in [2.24, 2.45) is 0 Å². The minimum Gasteiger partial charge on any atom is -0.228 e. The Balaban J connectivity index is 1.45. The summed E-state index contributed by atoms with van der Waals surface area (Å²) in [6, 6.07) is 40.8. The molecule has 1 aliphatic carbocycles. The molecule has 1 heterocycles. The van der Waals surface area contributed by atoms with Gasteiger partial charge in [-0.1, -0.05) is 113 Å². The summed E-state index contributed by atoms with van der Waals surface area (Å²) >= 11 is 3.71. The van der Waals surface area contributed by atoms with Gasteiger partial charge < -0.3 is 0 Å². The topological polar surface area (TPSA) is 25.8 Å². The van der Waals surface area contributed by atoms with Gasteiger partial charge in [0.25, 0.3) is 0 Å². The van der Waals surface area contributed by atoms with Gasteiger partial charge in [0.1, 0.15) is 0 Å². The molecule has 0 bridgehead atoms. The summed E-state index contributed by atoms with van der Waals surface area (Å²) in [5, 5.41) is 5.88. The van der Waals surface area contributed by atoms with Crippen LogP contribution in [0.15, 0.2) is 120 Å². The lowest BCUT2D eigenvalue weighted by atomic mass is 9.95. The first-order chi connectivity index (χ1) is 18.3. The van der Waals surface area contributed by atoms with E-state index in [1.807, 2.05) is 6.07 Å². The Hall–Kier alpha value is -4.34. The molecule has 3 heteroatoms. The second-order valence-corrected chi connectivity index (χ2v) is 10.3. The predicted octanol–water partition coefficient (Wildman–Crippen LogP) is 9.68. The molecule has 1 aromatic heterocycles. The van der Waals surface area contributed by atoms with Gasteiger partial charge in [0, 0.05) is 21.0 Å². The highest BCUT2D eigenvalue weighted by molar-refractivity contribution is 9.10. The number of halogens is 1. The van der Waals surface area contributed by atoms with Crippen molar-refractivity contribution < 1.29 is 0 Å². The molecule has 0 saturated carbocycles. The van der Waals surface area contributed by atoms with E-state index >= 15 is 0 Å². The van der Waals surface area contributed by atoms with Crippen molar-refractivity contribution in [2.45, 2.75) is 0 Å². The molecule has 0 fully saturated rings. The Morgan fingerprint density at radius 3 is 1.84 bits per heavy atom. The molecule has 0 aliphatic heterocycles. The summed E-state index contributed by atoms with van der Waals surface area (Å²) < 4.78 is 1.07. The molecule has 0 N–H and O–H groups in total. The molecule has 37 heavy (non-hydrogen) atoms. The number of aromatic nitrogens is 2. The summed E-state index contributed by atoms with van der Waals surface area (Å²) in [6.07, 6.45) is 0. The number of nitrogens with zero attached hydrogens (tertiary/aromatic N) is 2. The number of benzene rings is 6. The van der Waals surface area contributed by atoms with Crippen LogP contribution in [0.3, 0.4) is 0 Å². The molecule has 6 aromatic carbocycles. The van der Waals surface area contributed by atoms with Crippen molar-refractivity contribution in [1.82, 2.24) is 9.97 Å². The van der Waals surface area contributed by atoms with E-state index in [0.29, 0.717) is 0 Å². The fraction of sp³-hybridized carbons (Fsp3) is 0. The van der Waals surface area contributed by atoms with Crippen molar-refractivity contribution >= 4 is 48.4 Å². The van der Waals surface area contributed by atoms with Gasteiger partial charge in [-0.25, -0.2) is 9.97 Å². The monoisotopic (exact) mass is 534 g/mol. The highest BCUT2D eigenvalue weighted by atomic mass is 79.9. The van der Waals surface area contributed by atoms with Gasteiger partial charge in [-0.15, -0.1) is 0 Å². The molecule has 0 radical (unpaired) electrons. The first kappa shape index (κ1) is 20.8. The predicted molar refractivity (Wildman–Crippen MR) is 158 cm³/mol. The second-order valence-electron chi connectivity index (χ2n) is 9.49. The van der Waals surface area contributed by atoms with Crippen LogP contribution in [0.1, 0.15) is 0 Å². The van der Waals surface area contributed by atoms with E-state index in [4.69, 9.17) is 9.97 Å². The van der Waals surface area contributed by atoms with Crippen molar-refractivity contribution in [2.75, 3.05) is 0 Å². The van der Waals surface area contributed by atoms with Gasteiger partial charge in [0.05, 0.1) is 11.2 Å². The van der Waals surface area contributed by atoms with Crippen molar-refractivity contribution in [3.05, 3.63) is 120 Å². The molecule has 2 nitrogen and oxygen atoms in total. The third-order valence-electron chi connectivity index (χ3n) is 7.52. The van der Waals surface area contributed by atoms with Crippen LogP contribution < -0.4 is 0 Å². The zero-order chi connectivity index (χ0) is 24.5. The van der Waals surface area contributed by atoms with Crippen LogP contribution in [0, 0.1) is 0 Å². The maximum absolute atomic E-state index is 5.27. The molecule has 0 spiro atoms. The van der Waals surface area contributed by atoms with Crippen LogP contribution in [0.4, 0.5) is 0 Å². The van der Waals surface area contributed by atoms with Gasteiger partial charge in [0.2, 0.25) is 0 Å². The molecule has 0 saturated heterocycles. The molecule has 172 valence electrons. The standard InChI is InChI=1S/C34H19BrN2/c35-30-19-18-28(22-10-3-4-11-23(22)30)34-36-31-15-6-5-12-29(31)33(37-34)27-17-16-26-21-9-2-1-8-20(21)24-13-7-14-25(27)32(24)26/h1-19H. The zero-order valence-corrected chi connectivity index (χ0v) is 21.3. The van der Waals surface area contributed by atoms with Gasteiger partial charge in [-0.05, 0) is 62.0 Å². The number of rotatable bonds is 2. The first-order valence-corrected chi connectivity index (χ1v) is 13.2. The van der Waals surface area contributed by atoms with Crippen LogP contribution in [0.25, 0.3) is 77.3 Å². The third-order valence-corrected chi connectivity index (χ3v) is 8.21. The van der Waals surface area contributed by atoms with E-state index in [9.17, 15) is 0 Å². The van der Waals surface area contributed by atoms with Gasteiger partial charge in [-0.2, -0.15) is 0 Å². The van der Waals surface area contributed by atoms with Crippen molar-refractivity contribution in [1.29, 1.82) is 0 Å². The Morgan fingerprint density at radius 1 is 0.405 bits per heavy atom. The molecule has 0 amide bonds. The number of hydrogen-bond acceptors (Lipinski definition) is 2. The number of para-hydroxylation sites is 1. The van der Waals surface area contributed by atoms with Crippen molar-refractivity contribution in [3.63, 3.8) is 0 Å². The fourth-order valence-electron chi connectivity index (χ4n) is 5.87. The van der Waals surface area contributed by atoms with E-state index < -0.39 is 0 Å². The Labute approximate surface area is 222 Å². The van der Waals surface area contributed by atoms with Crippen LogP contribution in [-0.4, -0.2) is 9.97 Å². The fourth-order valence-corrected chi connectivity index (χ4v) is 6.35. The molecular weight excluding hydrogens is 516 g/mol. The lowest BCUT2D eigenvalue weighted by Crippen LogP contribution is -1.96. The van der Waals surface area contributed by atoms with Crippen LogP contribution in [-0.2, 0) is 0 Å². The summed E-state index contributed by atoms with van der Waals surface area (Å²) in [6.45, 7) is 0. The number of fused-ring (bicyclic) bond motifs is 5. The molecule has 0 unspecified atom stereocenters. The van der Waals surface area contributed by atoms with E-state index in [1.165, 1.54) is 33.0 Å². The highest BCUT2D eigenvalue weighted by Crippen LogP contribution is 2.49. The lowest BCUT2D eigenvalue weighted by Gasteiger charge is -2.14. The maximum atomic E-state index is 5.27. The third kappa shape index (κ3) is 2.98. The molecule has 8 rings (SSSR count). The SMILES string of the molecule is Brc1ccc(-c2nc(-c3ccc4c5c(cccc35)-c3ccccc3-4)c3ccccc3n2)c2ccccc12. The van der Waals surface area contributed by atoms with E-state index in [0.717, 1.165) is 48.8 Å². The number of hydrogen-bond donors (Lipinski definition) is 0. The molecule has 7 aromatic rings. The maximum Gasteiger partial charge on any atom is 0.161 e. The minimum absolute atomic E-state index is 0.740. The minimum atomic E-state index is 0.740. The molecule has 0 atom stereocenters. The van der Waals surface area contributed by atoms with Gasteiger partial charge in [0.15, 0.2) is 5.82 Å². The summed E-state index contributed by atoms with van der Waals surface area (Å²) in [5.41, 5.74) is 9.27. The Kier molecular flexibility index (Phi) is 4.40. The average molecular weight is 535 g/mol. The Bertz CT molecular complexity index is 2030. The molecular formula is C34H19BrN2. The normalized spacial score (nSPS) is 11.9. The average Bonchev–Trinajstić information content (AvgIpc) is 3.28. The van der Waals surface area contributed by atoms with Crippen LogP contribution >= 0.6 is 15.9 Å². The van der Waals surface area contributed by atoms with Gasteiger partial charge >= 0.3 is 0 Å². The summed E-state index contributed by atoms with van der Waals surface area (Å²) in [4.78, 5) is 10.3. The van der Waals surface area contributed by atoms with Crippen LogP contribution in [0.2, 0.25) is 0 Å². The largest absolute Gasteiger partial charge is 0.228 e. The van der Waals surface area contributed by atoms with E-state index in [-0.39, 0.29) is 0 Å². The summed E-state index contributed by atoms with van der Waals surface area (Å²) in [5.74, 6) is 0.740. The zero-order valence-electron chi connectivity index (χ0n) is 19.7. The lowest BCUT2D eigenvalue weighted by molar-refractivity contribution is 1.24. The highest BCUT2D eigenvalue weighted by Gasteiger charge is 2.23. The quantitative estimate of drug-likeness (QED) is 0.220. The van der Waals surface area contributed by atoms with Crippen molar-refractivity contribution in [3.8, 4) is 44.9 Å². The molecule has 1 aliphatic rings. The van der Waals surface area contributed by atoms with Gasteiger partial charge in [-0.3, -0.25) is 0 Å². The Morgan fingerprint density at radius 2 is 1.00 bits per heavy atom.